The Kier molecular flexibility index (Phi) is 5.99. The minimum atomic E-state index is -3.11. The molecule has 33 heavy (non-hydrogen) atoms. The third-order valence-electron chi connectivity index (χ3n) is 7.75. The standard InChI is InChI=1S/C26H30F2N4O/c1-2-26(27,28)21-9-20-16-32(7-5-24(20)31-15-21)25(33)11-19-8-18-10-22(12-23(18)19)30-14-17-4-3-6-29-13-17/h2-4,6,9,13,15,18-19,22-23,30H,1,5,7-8,10-12,14,16H2. The van der Waals surface area contributed by atoms with Crippen LogP contribution in [-0.2, 0) is 30.2 Å². The fourth-order valence-electron chi connectivity index (χ4n) is 5.83. The molecule has 0 aromatic carbocycles. The fourth-order valence-corrected chi connectivity index (χ4v) is 5.83. The van der Waals surface area contributed by atoms with E-state index in [-0.39, 0.29) is 11.5 Å². The third-order valence-corrected chi connectivity index (χ3v) is 7.75. The normalized spacial score (nSPS) is 26.3. The maximum Gasteiger partial charge on any atom is 0.292 e. The van der Waals surface area contributed by atoms with Gasteiger partial charge in [0.15, 0.2) is 0 Å². The van der Waals surface area contributed by atoms with Gasteiger partial charge < -0.3 is 10.2 Å². The van der Waals surface area contributed by atoms with Crippen LogP contribution in [0.4, 0.5) is 8.78 Å². The fraction of sp³-hybridized carbons (Fsp3) is 0.500. The molecule has 5 rings (SSSR count). The molecule has 2 aromatic heterocycles. The molecule has 2 fully saturated rings. The molecule has 0 spiro atoms. The van der Waals surface area contributed by atoms with E-state index in [4.69, 9.17) is 0 Å². The summed E-state index contributed by atoms with van der Waals surface area (Å²) in [6.45, 7) is 5.01. The summed E-state index contributed by atoms with van der Waals surface area (Å²) in [4.78, 5) is 23.3. The van der Waals surface area contributed by atoms with E-state index in [1.165, 1.54) is 24.2 Å². The van der Waals surface area contributed by atoms with Gasteiger partial charge in [-0.2, -0.15) is 8.78 Å². The first-order valence-corrected chi connectivity index (χ1v) is 11.8. The summed E-state index contributed by atoms with van der Waals surface area (Å²) in [6.07, 6.45) is 10.1. The SMILES string of the molecule is C=CC(F)(F)c1cnc2c(c1)CN(C(=O)CC1CC3CC(NCc4cccnc4)CC13)CC2. The molecule has 4 unspecified atom stereocenters. The predicted octanol–water partition coefficient (Wildman–Crippen LogP) is 4.23. The average molecular weight is 453 g/mol. The summed E-state index contributed by atoms with van der Waals surface area (Å²) in [7, 11) is 0. The van der Waals surface area contributed by atoms with Gasteiger partial charge in [-0.1, -0.05) is 12.6 Å². The summed E-state index contributed by atoms with van der Waals surface area (Å²) in [6, 6.07) is 6.02. The van der Waals surface area contributed by atoms with Crippen molar-refractivity contribution in [3.63, 3.8) is 0 Å². The number of halogens is 2. The molecule has 0 radical (unpaired) electrons. The van der Waals surface area contributed by atoms with Crippen molar-refractivity contribution in [2.45, 2.75) is 57.2 Å². The van der Waals surface area contributed by atoms with Gasteiger partial charge in [0.05, 0.1) is 0 Å². The topological polar surface area (TPSA) is 58.1 Å². The molecule has 5 nitrogen and oxygen atoms in total. The maximum atomic E-state index is 14.0. The lowest BCUT2D eigenvalue weighted by atomic mass is 9.65. The van der Waals surface area contributed by atoms with Crippen molar-refractivity contribution in [2.24, 2.45) is 17.8 Å². The molecule has 2 aliphatic carbocycles. The number of alkyl halides is 2. The van der Waals surface area contributed by atoms with Crippen LogP contribution in [0.25, 0.3) is 0 Å². The first-order chi connectivity index (χ1) is 15.9. The molecule has 3 heterocycles. The van der Waals surface area contributed by atoms with Crippen LogP contribution < -0.4 is 5.32 Å². The average Bonchev–Trinajstić information content (AvgIpc) is 3.16. The summed E-state index contributed by atoms with van der Waals surface area (Å²) < 4.78 is 28.0. The zero-order chi connectivity index (χ0) is 23.0. The highest BCUT2D eigenvalue weighted by atomic mass is 19.3. The van der Waals surface area contributed by atoms with E-state index >= 15 is 0 Å². The molecule has 0 saturated heterocycles. The zero-order valence-electron chi connectivity index (χ0n) is 18.7. The van der Waals surface area contributed by atoms with Crippen LogP contribution in [0, 0.1) is 17.8 Å². The molecule has 1 amide bonds. The number of allylic oxidation sites excluding steroid dienone is 1. The van der Waals surface area contributed by atoms with Gasteiger partial charge in [-0.25, -0.2) is 0 Å². The molecule has 1 N–H and O–H groups in total. The summed E-state index contributed by atoms with van der Waals surface area (Å²) in [5.74, 6) is -1.22. The number of carbonyl (C=O) groups excluding carboxylic acids is 1. The molecule has 3 aliphatic rings. The highest BCUT2D eigenvalue weighted by molar-refractivity contribution is 5.77. The largest absolute Gasteiger partial charge is 0.338 e. The predicted molar refractivity (Wildman–Crippen MR) is 121 cm³/mol. The number of pyridine rings is 2. The molecule has 2 saturated carbocycles. The van der Waals surface area contributed by atoms with Crippen LogP contribution in [-0.4, -0.2) is 33.4 Å². The second-order valence-corrected chi connectivity index (χ2v) is 9.76. The summed E-state index contributed by atoms with van der Waals surface area (Å²) in [5.41, 5.74) is 2.56. The van der Waals surface area contributed by atoms with E-state index < -0.39 is 5.92 Å². The van der Waals surface area contributed by atoms with E-state index in [0.717, 1.165) is 30.6 Å². The lowest BCUT2D eigenvalue weighted by Crippen LogP contribution is -2.41. The zero-order valence-corrected chi connectivity index (χ0v) is 18.7. The van der Waals surface area contributed by atoms with Gasteiger partial charge in [-0.15, -0.1) is 0 Å². The minimum Gasteiger partial charge on any atom is -0.338 e. The van der Waals surface area contributed by atoms with Gasteiger partial charge in [0, 0.05) is 68.4 Å². The van der Waals surface area contributed by atoms with Crippen molar-refractivity contribution >= 4 is 5.91 Å². The van der Waals surface area contributed by atoms with E-state index in [2.05, 4.69) is 27.9 Å². The van der Waals surface area contributed by atoms with Crippen LogP contribution in [0.2, 0.25) is 0 Å². The molecule has 0 bridgehead atoms. The van der Waals surface area contributed by atoms with Crippen molar-refractivity contribution in [2.75, 3.05) is 6.54 Å². The van der Waals surface area contributed by atoms with Crippen LogP contribution >= 0.6 is 0 Å². The van der Waals surface area contributed by atoms with Crippen molar-refractivity contribution in [3.05, 3.63) is 71.8 Å². The van der Waals surface area contributed by atoms with E-state index in [1.807, 2.05) is 17.2 Å². The number of carbonyl (C=O) groups is 1. The number of amides is 1. The molecule has 174 valence electrons. The van der Waals surface area contributed by atoms with Gasteiger partial charge in [0.1, 0.15) is 0 Å². The Morgan fingerprint density at radius 2 is 2.18 bits per heavy atom. The molecule has 4 atom stereocenters. The van der Waals surface area contributed by atoms with E-state index in [0.29, 0.717) is 55.8 Å². The second kappa shape index (κ2) is 8.93. The van der Waals surface area contributed by atoms with Crippen LogP contribution in [0.1, 0.15) is 48.1 Å². The highest BCUT2D eigenvalue weighted by Crippen LogP contribution is 2.52. The Hall–Kier alpha value is -2.67. The van der Waals surface area contributed by atoms with Crippen LogP contribution in [0.3, 0.4) is 0 Å². The Labute approximate surface area is 193 Å². The number of aromatic nitrogens is 2. The Morgan fingerprint density at radius 1 is 1.30 bits per heavy atom. The minimum absolute atomic E-state index is 0.136. The van der Waals surface area contributed by atoms with Crippen molar-refractivity contribution in [1.29, 1.82) is 0 Å². The monoisotopic (exact) mass is 452 g/mol. The van der Waals surface area contributed by atoms with Crippen LogP contribution in [0.5, 0.6) is 0 Å². The number of nitrogens with one attached hydrogen (secondary N) is 1. The van der Waals surface area contributed by atoms with Gasteiger partial charge in [0.25, 0.3) is 5.92 Å². The number of hydrogen-bond acceptors (Lipinski definition) is 4. The van der Waals surface area contributed by atoms with Crippen molar-refractivity contribution < 1.29 is 13.6 Å². The van der Waals surface area contributed by atoms with E-state index in [1.54, 1.807) is 6.20 Å². The lowest BCUT2D eigenvalue weighted by Gasteiger charge is -2.41. The smallest absolute Gasteiger partial charge is 0.292 e. The number of hydrogen-bond donors (Lipinski definition) is 1. The van der Waals surface area contributed by atoms with Gasteiger partial charge in [-0.3, -0.25) is 14.8 Å². The van der Waals surface area contributed by atoms with Gasteiger partial charge >= 0.3 is 0 Å². The lowest BCUT2D eigenvalue weighted by molar-refractivity contribution is -0.135. The number of rotatable bonds is 7. The molecule has 2 aromatic rings. The quantitative estimate of drug-likeness (QED) is 0.639. The first kappa shape index (κ1) is 22.1. The van der Waals surface area contributed by atoms with Crippen molar-refractivity contribution in [3.8, 4) is 0 Å². The number of fused-ring (bicyclic) bond motifs is 2. The van der Waals surface area contributed by atoms with E-state index in [9.17, 15) is 13.6 Å². The highest BCUT2D eigenvalue weighted by Gasteiger charge is 2.48. The summed E-state index contributed by atoms with van der Waals surface area (Å²) in [5, 5.41) is 3.66. The van der Waals surface area contributed by atoms with Gasteiger partial charge in [0.2, 0.25) is 5.91 Å². The second-order valence-electron chi connectivity index (χ2n) is 9.76. The first-order valence-electron chi connectivity index (χ1n) is 11.8. The third kappa shape index (κ3) is 4.56. The Bertz CT molecular complexity index is 1030. The molecular formula is C26H30F2N4O. The molecular weight excluding hydrogens is 422 g/mol. The van der Waals surface area contributed by atoms with Crippen molar-refractivity contribution in [1.82, 2.24) is 20.2 Å². The summed E-state index contributed by atoms with van der Waals surface area (Å²) >= 11 is 0. The molecule has 7 heteroatoms. The number of nitrogens with zero attached hydrogens (tertiary/aromatic N) is 3. The Morgan fingerprint density at radius 3 is 2.97 bits per heavy atom. The molecule has 1 aliphatic heterocycles. The van der Waals surface area contributed by atoms with Crippen LogP contribution in [0.15, 0.2) is 49.4 Å². The van der Waals surface area contributed by atoms with Gasteiger partial charge in [-0.05, 0) is 66.4 Å². The Balaban J connectivity index is 1.14. The maximum absolute atomic E-state index is 14.0.